The predicted molar refractivity (Wildman–Crippen MR) is 73.9 cm³/mol. The molecule has 0 saturated heterocycles. The number of nitrogens with one attached hydrogen (secondary N) is 2. The van der Waals surface area contributed by atoms with Crippen LogP contribution in [0.2, 0.25) is 0 Å². The highest BCUT2D eigenvalue weighted by molar-refractivity contribution is 5.90. The van der Waals surface area contributed by atoms with Crippen molar-refractivity contribution in [3.05, 3.63) is 24.3 Å². The Balaban J connectivity index is 2.30. The van der Waals surface area contributed by atoms with Gasteiger partial charge in [-0.25, -0.2) is 0 Å². The molecule has 1 aromatic carbocycles. The van der Waals surface area contributed by atoms with Crippen LogP contribution in [-0.2, 0) is 4.79 Å². The van der Waals surface area contributed by atoms with E-state index in [1.807, 2.05) is 18.2 Å². The van der Waals surface area contributed by atoms with E-state index in [1.165, 1.54) is 0 Å². The molecule has 0 radical (unpaired) electrons. The van der Waals surface area contributed by atoms with Crippen LogP contribution in [-0.4, -0.2) is 26.1 Å². The van der Waals surface area contributed by atoms with Crippen molar-refractivity contribution in [1.82, 2.24) is 5.32 Å². The largest absolute Gasteiger partial charge is 0.497 e. The number of hydrogen-bond donors (Lipinski definition) is 2. The molecule has 1 rings (SSSR count). The maximum Gasteiger partial charge on any atom is 0.225 e. The van der Waals surface area contributed by atoms with E-state index in [0.717, 1.165) is 18.0 Å². The lowest BCUT2D eigenvalue weighted by atomic mass is 10.2. The summed E-state index contributed by atoms with van der Waals surface area (Å²) in [5.74, 6) is 1.36. The lowest BCUT2D eigenvalue weighted by molar-refractivity contribution is -0.116. The summed E-state index contributed by atoms with van der Waals surface area (Å²) in [5.41, 5.74) is 0.767. The van der Waals surface area contributed by atoms with Crippen molar-refractivity contribution in [2.75, 3.05) is 25.5 Å². The number of rotatable bonds is 7. The maximum atomic E-state index is 11.7. The molecule has 0 unspecified atom stereocenters. The first kappa shape index (κ1) is 14.5. The van der Waals surface area contributed by atoms with Crippen LogP contribution in [0.3, 0.4) is 0 Å². The minimum Gasteiger partial charge on any atom is -0.497 e. The lowest BCUT2D eigenvalue weighted by Gasteiger charge is -2.08. The second-order valence-electron chi connectivity index (χ2n) is 4.63. The number of amides is 1. The van der Waals surface area contributed by atoms with Gasteiger partial charge in [0.1, 0.15) is 5.75 Å². The van der Waals surface area contributed by atoms with Crippen LogP contribution in [0.4, 0.5) is 5.69 Å². The van der Waals surface area contributed by atoms with E-state index < -0.39 is 0 Å². The molecule has 0 bridgehead atoms. The summed E-state index contributed by atoms with van der Waals surface area (Å²) in [5, 5.41) is 6.08. The van der Waals surface area contributed by atoms with E-state index in [9.17, 15) is 4.79 Å². The predicted octanol–water partition coefficient (Wildman–Crippen LogP) is 2.27. The monoisotopic (exact) mass is 250 g/mol. The first-order chi connectivity index (χ1) is 8.61. The summed E-state index contributed by atoms with van der Waals surface area (Å²) < 4.78 is 5.10. The van der Waals surface area contributed by atoms with Crippen molar-refractivity contribution in [3.8, 4) is 5.75 Å². The number of hydrogen-bond acceptors (Lipinski definition) is 3. The maximum absolute atomic E-state index is 11.7. The number of benzene rings is 1. The Morgan fingerprint density at radius 3 is 2.83 bits per heavy atom. The number of carbonyl (C=O) groups is 1. The Bertz CT molecular complexity index is 378. The average molecular weight is 250 g/mol. The summed E-state index contributed by atoms with van der Waals surface area (Å²) in [6, 6.07) is 7.35. The van der Waals surface area contributed by atoms with Crippen molar-refractivity contribution in [3.63, 3.8) is 0 Å². The summed E-state index contributed by atoms with van der Waals surface area (Å²) >= 11 is 0. The molecule has 100 valence electrons. The van der Waals surface area contributed by atoms with Gasteiger partial charge in [0.2, 0.25) is 5.91 Å². The van der Waals surface area contributed by atoms with Gasteiger partial charge in [-0.15, -0.1) is 0 Å². The van der Waals surface area contributed by atoms with Crippen LogP contribution in [0, 0.1) is 5.92 Å². The Labute approximate surface area is 109 Å². The molecule has 2 N–H and O–H groups in total. The number of anilines is 1. The van der Waals surface area contributed by atoms with Crippen LogP contribution in [0.1, 0.15) is 20.3 Å². The molecule has 0 fully saturated rings. The molecule has 18 heavy (non-hydrogen) atoms. The highest BCUT2D eigenvalue weighted by Crippen LogP contribution is 2.16. The Hall–Kier alpha value is -1.55. The zero-order valence-electron chi connectivity index (χ0n) is 11.3. The molecular weight excluding hydrogens is 228 g/mol. The van der Waals surface area contributed by atoms with Crippen LogP contribution < -0.4 is 15.4 Å². The molecular formula is C14H22N2O2. The summed E-state index contributed by atoms with van der Waals surface area (Å²) in [7, 11) is 1.61. The summed E-state index contributed by atoms with van der Waals surface area (Å²) in [6.45, 7) is 5.92. The molecule has 0 atom stereocenters. The van der Waals surface area contributed by atoms with Crippen molar-refractivity contribution in [2.45, 2.75) is 20.3 Å². The third-order valence-electron chi connectivity index (χ3n) is 2.43. The van der Waals surface area contributed by atoms with E-state index in [1.54, 1.807) is 13.2 Å². The van der Waals surface area contributed by atoms with E-state index in [0.29, 0.717) is 18.9 Å². The average Bonchev–Trinajstić information content (AvgIpc) is 2.34. The normalized spacial score (nSPS) is 10.4. The van der Waals surface area contributed by atoms with Gasteiger partial charge in [0, 0.05) is 24.7 Å². The molecule has 1 amide bonds. The van der Waals surface area contributed by atoms with Crippen LogP contribution >= 0.6 is 0 Å². The highest BCUT2D eigenvalue weighted by atomic mass is 16.5. The van der Waals surface area contributed by atoms with Gasteiger partial charge in [-0.1, -0.05) is 19.9 Å². The number of ether oxygens (including phenoxy) is 1. The third kappa shape index (κ3) is 5.68. The molecule has 0 spiro atoms. The van der Waals surface area contributed by atoms with Gasteiger partial charge in [-0.3, -0.25) is 4.79 Å². The SMILES string of the molecule is COc1cccc(NC(=O)CCNCC(C)C)c1. The van der Waals surface area contributed by atoms with Crippen molar-refractivity contribution in [2.24, 2.45) is 5.92 Å². The van der Waals surface area contributed by atoms with E-state index in [2.05, 4.69) is 24.5 Å². The van der Waals surface area contributed by atoms with Crippen molar-refractivity contribution < 1.29 is 9.53 Å². The second-order valence-corrected chi connectivity index (χ2v) is 4.63. The van der Waals surface area contributed by atoms with Crippen molar-refractivity contribution >= 4 is 11.6 Å². The molecule has 0 aliphatic heterocycles. The molecule has 4 heteroatoms. The van der Waals surface area contributed by atoms with Gasteiger partial charge in [0.25, 0.3) is 0 Å². The van der Waals surface area contributed by atoms with Gasteiger partial charge >= 0.3 is 0 Å². The van der Waals surface area contributed by atoms with Crippen LogP contribution in [0.5, 0.6) is 5.75 Å². The summed E-state index contributed by atoms with van der Waals surface area (Å²) in [4.78, 5) is 11.7. The van der Waals surface area contributed by atoms with Gasteiger partial charge < -0.3 is 15.4 Å². The number of carbonyl (C=O) groups excluding carboxylic acids is 1. The molecule has 0 aromatic heterocycles. The fourth-order valence-corrected chi connectivity index (χ4v) is 1.52. The van der Waals surface area contributed by atoms with Crippen molar-refractivity contribution in [1.29, 1.82) is 0 Å². The third-order valence-corrected chi connectivity index (χ3v) is 2.43. The quantitative estimate of drug-likeness (QED) is 0.730. The number of methoxy groups -OCH3 is 1. The minimum atomic E-state index is 0.0134. The van der Waals surface area contributed by atoms with Crippen LogP contribution in [0.25, 0.3) is 0 Å². The molecule has 0 heterocycles. The standard InChI is InChI=1S/C14H22N2O2/c1-11(2)10-15-8-7-14(17)16-12-5-4-6-13(9-12)18-3/h4-6,9,11,15H,7-8,10H2,1-3H3,(H,16,17). The van der Waals surface area contributed by atoms with Gasteiger partial charge in [-0.2, -0.15) is 0 Å². The molecule has 1 aromatic rings. The molecule has 0 saturated carbocycles. The summed E-state index contributed by atoms with van der Waals surface area (Å²) in [6.07, 6.45) is 0.476. The molecule has 0 aliphatic carbocycles. The fraction of sp³-hybridized carbons (Fsp3) is 0.500. The lowest BCUT2D eigenvalue weighted by Crippen LogP contribution is -2.24. The van der Waals surface area contributed by atoms with Gasteiger partial charge in [0.15, 0.2) is 0 Å². The highest BCUT2D eigenvalue weighted by Gasteiger charge is 2.03. The first-order valence-electron chi connectivity index (χ1n) is 6.26. The Morgan fingerprint density at radius 1 is 1.39 bits per heavy atom. The smallest absolute Gasteiger partial charge is 0.225 e. The Kier molecular flexibility index (Phi) is 6.22. The molecule has 4 nitrogen and oxygen atoms in total. The van der Waals surface area contributed by atoms with E-state index >= 15 is 0 Å². The fourth-order valence-electron chi connectivity index (χ4n) is 1.52. The minimum absolute atomic E-state index is 0.0134. The second kappa shape index (κ2) is 7.71. The Morgan fingerprint density at radius 2 is 2.17 bits per heavy atom. The molecule has 0 aliphatic rings. The zero-order valence-corrected chi connectivity index (χ0v) is 11.3. The van der Waals surface area contributed by atoms with Crippen LogP contribution in [0.15, 0.2) is 24.3 Å². The van der Waals surface area contributed by atoms with E-state index in [-0.39, 0.29) is 5.91 Å². The zero-order chi connectivity index (χ0) is 13.4. The first-order valence-corrected chi connectivity index (χ1v) is 6.26. The van der Waals surface area contributed by atoms with Gasteiger partial charge in [0.05, 0.1) is 7.11 Å². The van der Waals surface area contributed by atoms with E-state index in [4.69, 9.17) is 4.74 Å². The van der Waals surface area contributed by atoms with Gasteiger partial charge in [-0.05, 0) is 24.6 Å². The topological polar surface area (TPSA) is 50.4 Å².